The normalized spacial score (nSPS) is 12.2. The zero-order chi connectivity index (χ0) is 13.8. The van der Waals surface area contributed by atoms with Gasteiger partial charge in [-0.2, -0.15) is 0 Å². The van der Waals surface area contributed by atoms with Crippen molar-refractivity contribution in [3.63, 3.8) is 0 Å². The van der Waals surface area contributed by atoms with Crippen LogP contribution in [0.4, 0.5) is 0 Å². The lowest BCUT2D eigenvalue weighted by molar-refractivity contribution is 0.340. The van der Waals surface area contributed by atoms with E-state index in [0.717, 1.165) is 21.3 Å². The summed E-state index contributed by atoms with van der Waals surface area (Å²) in [6, 6.07) is 14.0. The summed E-state index contributed by atoms with van der Waals surface area (Å²) in [5.74, 6) is 0.857. The fraction of sp³-hybridized carbons (Fsp3) is 0.250. The van der Waals surface area contributed by atoms with Gasteiger partial charge in [-0.15, -0.1) is 0 Å². The number of aryl methyl sites for hydroxylation is 1. The number of halogens is 1. The number of benzene rings is 2. The summed E-state index contributed by atoms with van der Waals surface area (Å²) in [5, 5.41) is 0. The van der Waals surface area contributed by atoms with Gasteiger partial charge in [0, 0.05) is 4.47 Å². The van der Waals surface area contributed by atoms with Crippen LogP contribution >= 0.6 is 15.9 Å². The quantitative estimate of drug-likeness (QED) is 0.916. The molecule has 0 aromatic heterocycles. The maximum Gasteiger partial charge on any atom is 0.120 e. The maximum atomic E-state index is 6.37. The molecule has 2 nitrogen and oxygen atoms in total. The number of hydrogen-bond acceptors (Lipinski definition) is 2. The largest absolute Gasteiger partial charge is 0.494 e. The molecule has 0 fully saturated rings. The molecule has 3 heteroatoms. The van der Waals surface area contributed by atoms with Crippen molar-refractivity contribution in [2.45, 2.75) is 19.9 Å². The van der Waals surface area contributed by atoms with Crippen LogP contribution in [0.25, 0.3) is 0 Å². The fourth-order valence-electron chi connectivity index (χ4n) is 2.12. The van der Waals surface area contributed by atoms with Gasteiger partial charge < -0.3 is 10.5 Å². The minimum absolute atomic E-state index is 0.133. The van der Waals surface area contributed by atoms with Gasteiger partial charge in [-0.25, -0.2) is 0 Å². The van der Waals surface area contributed by atoms with Gasteiger partial charge in [0.2, 0.25) is 0 Å². The lowest BCUT2D eigenvalue weighted by Gasteiger charge is -2.17. The molecule has 0 aliphatic carbocycles. The summed E-state index contributed by atoms with van der Waals surface area (Å²) in [6.07, 6.45) is 0. The Hall–Kier alpha value is -1.32. The lowest BCUT2D eigenvalue weighted by atomic mass is 9.96. The Morgan fingerprint density at radius 1 is 1.16 bits per heavy atom. The van der Waals surface area contributed by atoms with Gasteiger partial charge in [-0.3, -0.25) is 0 Å². The first kappa shape index (κ1) is 14.1. The molecule has 0 spiro atoms. The Labute approximate surface area is 122 Å². The molecule has 0 saturated carbocycles. The molecule has 0 radical (unpaired) electrons. The average Bonchev–Trinajstić information content (AvgIpc) is 2.39. The second-order valence-electron chi connectivity index (χ2n) is 4.45. The fourth-order valence-corrected chi connectivity index (χ4v) is 2.72. The molecule has 0 amide bonds. The zero-order valence-electron chi connectivity index (χ0n) is 11.2. The van der Waals surface area contributed by atoms with Gasteiger partial charge in [0.15, 0.2) is 0 Å². The highest BCUT2D eigenvalue weighted by molar-refractivity contribution is 9.10. The van der Waals surface area contributed by atoms with Crippen molar-refractivity contribution in [3.05, 3.63) is 63.6 Å². The van der Waals surface area contributed by atoms with E-state index in [1.54, 1.807) is 0 Å². The maximum absolute atomic E-state index is 6.37. The van der Waals surface area contributed by atoms with Crippen LogP contribution in [0, 0.1) is 6.92 Å². The molecule has 0 saturated heterocycles. The van der Waals surface area contributed by atoms with Crippen molar-refractivity contribution in [2.75, 3.05) is 6.61 Å². The van der Waals surface area contributed by atoms with Crippen molar-refractivity contribution in [1.29, 1.82) is 0 Å². The first-order valence-corrected chi connectivity index (χ1v) is 7.16. The third-order valence-corrected chi connectivity index (χ3v) is 3.83. The molecule has 19 heavy (non-hydrogen) atoms. The van der Waals surface area contributed by atoms with Gasteiger partial charge in [-0.05, 0) is 42.7 Å². The van der Waals surface area contributed by atoms with E-state index in [0.29, 0.717) is 6.61 Å². The van der Waals surface area contributed by atoms with Gasteiger partial charge in [0.1, 0.15) is 5.75 Å². The monoisotopic (exact) mass is 319 g/mol. The number of rotatable bonds is 4. The molecule has 2 aromatic carbocycles. The highest BCUT2D eigenvalue weighted by atomic mass is 79.9. The van der Waals surface area contributed by atoms with Crippen molar-refractivity contribution in [3.8, 4) is 5.75 Å². The van der Waals surface area contributed by atoms with Crippen LogP contribution in [-0.2, 0) is 0 Å². The SMILES string of the molecule is CCOc1ccc(C(N)c2ccccc2C)c(Br)c1. The van der Waals surface area contributed by atoms with Crippen molar-refractivity contribution in [1.82, 2.24) is 0 Å². The van der Waals surface area contributed by atoms with Crippen LogP contribution < -0.4 is 10.5 Å². The Morgan fingerprint density at radius 3 is 2.53 bits per heavy atom. The molecule has 100 valence electrons. The van der Waals surface area contributed by atoms with Crippen LogP contribution in [0.5, 0.6) is 5.75 Å². The first-order valence-electron chi connectivity index (χ1n) is 6.36. The summed E-state index contributed by atoms with van der Waals surface area (Å²) in [4.78, 5) is 0. The molecule has 0 heterocycles. The lowest BCUT2D eigenvalue weighted by Crippen LogP contribution is -2.13. The van der Waals surface area contributed by atoms with E-state index >= 15 is 0 Å². The van der Waals surface area contributed by atoms with Gasteiger partial charge in [0.25, 0.3) is 0 Å². The summed E-state index contributed by atoms with van der Waals surface area (Å²) < 4.78 is 6.46. The van der Waals surface area contributed by atoms with Gasteiger partial charge in [-0.1, -0.05) is 46.3 Å². The topological polar surface area (TPSA) is 35.2 Å². The van der Waals surface area contributed by atoms with E-state index in [1.807, 2.05) is 37.3 Å². The van der Waals surface area contributed by atoms with Gasteiger partial charge >= 0.3 is 0 Å². The Morgan fingerprint density at radius 2 is 1.89 bits per heavy atom. The molecule has 1 unspecified atom stereocenters. The third-order valence-electron chi connectivity index (χ3n) is 3.14. The second-order valence-corrected chi connectivity index (χ2v) is 5.30. The Balaban J connectivity index is 2.34. The highest BCUT2D eigenvalue weighted by Crippen LogP contribution is 2.31. The second kappa shape index (κ2) is 6.22. The molecule has 2 N–H and O–H groups in total. The van der Waals surface area contributed by atoms with Crippen LogP contribution in [0.3, 0.4) is 0 Å². The summed E-state index contributed by atoms with van der Waals surface area (Å²) in [5.41, 5.74) is 9.79. The smallest absolute Gasteiger partial charge is 0.120 e. The van der Waals surface area contributed by atoms with E-state index in [4.69, 9.17) is 10.5 Å². The molecule has 2 aromatic rings. The molecular formula is C16H18BrNO. The molecule has 2 rings (SSSR count). The Kier molecular flexibility index (Phi) is 4.61. The molecular weight excluding hydrogens is 302 g/mol. The zero-order valence-corrected chi connectivity index (χ0v) is 12.8. The van der Waals surface area contributed by atoms with E-state index in [9.17, 15) is 0 Å². The third kappa shape index (κ3) is 3.17. The molecule has 1 atom stereocenters. The average molecular weight is 320 g/mol. The molecule has 0 aliphatic rings. The van der Waals surface area contributed by atoms with Crippen molar-refractivity contribution in [2.24, 2.45) is 5.73 Å². The number of hydrogen-bond donors (Lipinski definition) is 1. The number of nitrogens with two attached hydrogens (primary N) is 1. The molecule has 0 aliphatic heterocycles. The van der Waals surface area contributed by atoms with Crippen LogP contribution in [0.15, 0.2) is 46.9 Å². The van der Waals surface area contributed by atoms with Crippen molar-refractivity contribution >= 4 is 15.9 Å². The van der Waals surface area contributed by atoms with E-state index in [2.05, 4.69) is 35.0 Å². The number of ether oxygens (including phenoxy) is 1. The van der Waals surface area contributed by atoms with Crippen LogP contribution in [0.2, 0.25) is 0 Å². The van der Waals surface area contributed by atoms with Crippen LogP contribution in [-0.4, -0.2) is 6.61 Å². The standard InChI is InChI=1S/C16H18BrNO/c1-3-19-12-8-9-14(15(17)10-12)16(18)13-7-5-4-6-11(13)2/h4-10,16H,3,18H2,1-2H3. The first-order chi connectivity index (χ1) is 9.13. The van der Waals surface area contributed by atoms with E-state index < -0.39 is 0 Å². The summed E-state index contributed by atoms with van der Waals surface area (Å²) >= 11 is 3.58. The Bertz CT molecular complexity index is 568. The molecule has 0 bridgehead atoms. The van der Waals surface area contributed by atoms with E-state index in [1.165, 1.54) is 5.56 Å². The van der Waals surface area contributed by atoms with Crippen molar-refractivity contribution < 1.29 is 4.74 Å². The predicted octanol–water partition coefficient (Wildman–Crippen LogP) is 4.20. The van der Waals surface area contributed by atoms with Gasteiger partial charge in [0.05, 0.1) is 12.6 Å². The predicted molar refractivity (Wildman–Crippen MR) is 82.5 cm³/mol. The van der Waals surface area contributed by atoms with E-state index in [-0.39, 0.29) is 6.04 Å². The highest BCUT2D eigenvalue weighted by Gasteiger charge is 2.14. The summed E-state index contributed by atoms with van der Waals surface area (Å²) in [6.45, 7) is 4.72. The minimum Gasteiger partial charge on any atom is -0.494 e. The minimum atomic E-state index is -0.133. The summed E-state index contributed by atoms with van der Waals surface area (Å²) in [7, 11) is 0. The van der Waals surface area contributed by atoms with Crippen LogP contribution in [0.1, 0.15) is 29.7 Å².